The lowest BCUT2D eigenvalue weighted by Gasteiger charge is -2.19. The highest BCUT2D eigenvalue weighted by molar-refractivity contribution is 7.12. The van der Waals surface area contributed by atoms with E-state index in [9.17, 15) is 18.8 Å². The number of esters is 1. The SMILES string of the molecule is COC(=O)CCCC(=O)c1cc(-c2cn(C(=O)OC(C)(C)C)c3c(F)cccc23)cs1. The van der Waals surface area contributed by atoms with Crippen LogP contribution in [0.25, 0.3) is 22.0 Å². The molecule has 0 spiro atoms. The number of ketones is 1. The monoisotopic (exact) mass is 445 g/mol. The summed E-state index contributed by atoms with van der Waals surface area (Å²) in [7, 11) is 1.31. The van der Waals surface area contributed by atoms with Gasteiger partial charge in [-0.25, -0.2) is 13.8 Å². The molecule has 0 amide bonds. The fourth-order valence-electron chi connectivity index (χ4n) is 3.17. The van der Waals surface area contributed by atoms with E-state index in [4.69, 9.17) is 4.74 Å². The number of Topliss-reactive ketones (excluding diaryl/α,β-unsaturated/α-hetero) is 1. The van der Waals surface area contributed by atoms with Crippen LogP contribution in [0.4, 0.5) is 9.18 Å². The van der Waals surface area contributed by atoms with Gasteiger partial charge < -0.3 is 9.47 Å². The third kappa shape index (κ3) is 5.19. The van der Waals surface area contributed by atoms with Gasteiger partial charge in [-0.05, 0) is 50.3 Å². The van der Waals surface area contributed by atoms with Crippen LogP contribution in [0, 0.1) is 5.82 Å². The molecule has 2 aromatic heterocycles. The van der Waals surface area contributed by atoms with Crippen LogP contribution in [0.5, 0.6) is 0 Å². The first kappa shape index (κ1) is 22.7. The van der Waals surface area contributed by atoms with Crippen LogP contribution in [0.15, 0.2) is 35.8 Å². The maximum absolute atomic E-state index is 14.6. The van der Waals surface area contributed by atoms with E-state index in [-0.39, 0.29) is 30.1 Å². The van der Waals surface area contributed by atoms with Crippen molar-refractivity contribution >= 4 is 40.1 Å². The topological polar surface area (TPSA) is 74.6 Å². The lowest BCUT2D eigenvalue weighted by molar-refractivity contribution is -0.140. The Bertz CT molecular complexity index is 1140. The molecule has 8 heteroatoms. The van der Waals surface area contributed by atoms with Crippen LogP contribution < -0.4 is 0 Å². The molecule has 3 aromatic rings. The minimum Gasteiger partial charge on any atom is -0.469 e. The third-order valence-electron chi connectivity index (χ3n) is 4.56. The number of ether oxygens (including phenoxy) is 2. The van der Waals surface area contributed by atoms with Crippen molar-refractivity contribution in [2.24, 2.45) is 0 Å². The van der Waals surface area contributed by atoms with E-state index < -0.39 is 17.5 Å². The molecule has 31 heavy (non-hydrogen) atoms. The average Bonchev–Trinajstić information content (AvgIpc) is 3.32. The molecule has 0 atom stereocenters. The predicted octanol–water partition coefficient (Wildman–Crippen LogP) is 5.82. The molecule has 0 fully saturated rings. The van der Waals surface area contributed by atoms with E-state index in [1.807, 2.05) is 0 Å². The van der Waals surface area contributed by atoms with Crippen molar-refractivity contribution in [3.05, 3.63) is 46.5 Å². The maximum Gasteiger partial charge on any atom is 0.419 e. The van der Waals surface area contributed by atoms with Crippen LogP contribution in [0.3, 0.4) is 0 Å². The molecule has 6 nitrogen and oxygen atoms in total. The summed E-state index contributed by atoms with van der Waals surface area (Å²) in [6, 6.07) is 6.32. The third-order valence-corrected chi connectivity index (χ3v) is 5.54. The number of carbonyl (C=O) groups excluding carboxylic acids is 3. The van der Waals surface area contributed by atoms with Gasteiger partial charge in [-0.1, -0.05) is 12.1 Å². The van der Waals surface area contributed by atoms with Gasteiger partial charge in [0.15, 0.2) is 5.78 Å². The van der Waals surface area contributed by atoms with Gasteiger partial charge in [-0.3, -0.25) is 9.59 Å². The number of methoxy groups -OCH3 is 1. The molecule has 0 bridgehead atoms. The average molecular weight is 446 g/mol. The van der Waals surface area contributed by atoms with Gasteiger partial charge in [-0.2, -0.15) is 0 Å². The Kier molecular flexibility index (Phi) is 6.59. The van der Waals surface area contributed by atoms with Gasteiger partial charge in [0.2, 0.25) is 0 Å². The molecule has 0 saturated heterocycles. The molecular formula is C23H24FNO5S. The number of hydrogen-bond acceptors (Lipinski definition) is 6. The zero-order valence-electron chi connectivity index (χ0n) is 17.9. The fourth-order valence-corrected chi connectivity index (χ4v) is 4.05. The van der Waals surface area contributed by atoms with E-state index in [0.29, 0.717) is 27.8 Å². The predicted molar refractivity (Wildman–Crippen MR) is 117 cm³/mol. The van der Waals surface area contributed by atoms with Gasteiger partial charge in [0, 0.05) is 30.0 Å². The summed E-state index contributed by atoms with van der Waals surface area (Å²) < 4.78 is 25.8. The normalized spacial score (nSPS) is 11.5. The molecule has 2 heterocycles. The van der Waals surface area contributed by atoms with Gasteiger partial charge >= 0.3 is 12.1 Å². The van der Waals surface area contributed by atoms with Crippen LogP contribution in [0.2, 0.25) is 0 Å². The Morgan fingerprint density at radius 1 is 1.16 bits per heavy atom. The zero-order valence-corrected chi connectivity index (χ0v) is 18.7. The second kappa shape index (κ2) is 9.01. The highest BCUT2D eigenvalue weighted by Crippen LogP contribution is 2.35. The number of aromatic nitrogens is 1. The molecule has 0 saturated carbocycles. The molecule has 0 radical (unpaired) electrons. The first-order valence-electron chi connectivity index (χ1n) is 9.82. The highest BCUT2D eigenvalue weighted by Gasteiger charge is 2.23. The summed E-state index contributed by atoms with van der Waals surface area (Å²) in [6.07, 6.45) is 1.67. The summed E-state index contributed by atoms with van der Waals surface area (Å²) in [6.45, 7) is 5.22. The van der Waals surface area contributed by atoms with E-state index in [1.54, 1.807) is 44.4 Å². The number of thiophene rings is 1. The molecule has 1 aromatic carbocycles. The molecule has 0 aliphatic rings. The Balaban J connectivity index is 1.92. The van der Waals surface area contributed by atoms with Crippen LogP contribution >= 0.6 is 11.3 Å². The number of para-hydroxylation sites is 1. The molecule has 0 N–H and O–H groups in total. The van der Waals surface area contributed by atoms with Crippen molar-refractivity contribution in [2.45, 2.75) is 45.6 Å². The van der Waals surface area contributed by atoms with Gasteiger partial charge in [0.25, 0.3) is 0 Å². The summed E-state index contributed by atoms with van der Waals surface area (Å²) in [4.78, 5) is 36.9. The first-order valence-corrected chi connectivity index (χ1v) is 10.7. The van der Waals surface area contributed by atoms with Crippen molar-refractivity contribution in [3.8, 4) is 11.1 Å². The van der Waals surface area contributed by atoms with E-state index in [0.717, 1.165) is 0 Å². The van der Waals surface area contributed by atoms with Crippen molar-refractivity contribution in [2.75, 3.05) is 7.11 Å². The second-order valence-electron chi connectivity index (χ2n) is 8.08. The summed E-state index contributed by atoms with van der Waals surface area (Å²) in [5, 5.41) is 2.35. The van der Waals surface area contributed by atoms with Crippen molar-refractivity contribution in [3.63, 3.8) is 0 Å². The maximum atomic E-state index is 14.6. The molecule has 3 rings (SSSR count). The molecule has 0 aliphatic heterocycles. The minimum absolute atomic E-state index is 0.0813. The number of rotatable bonds is 6. The Morgan fingerprint density at radius 3 is 2.58 bits per heavy atom. The largest absolute Gasteiger partial charge is 0.469 e. The minimum atomic E-state index is -0.731. The van der Waals surface area contributed by atoms with Crippen LogP contribution in [-0.2, 0) is 14.3 Å². The highest BCUT2D eigenvalue weighted by atomic mass is 32.1. The molecular weight excluding hydrogens is 421 g/mol. The Labute approximate surface area is 183 Å². The smallest absolute Gasteiger partial charge is 0.419 e. The number of hydrogen-bond donors (Lipinski definition) is 0. The number of carbonyl (C=O) groups is 3. The standard InChI is InChI=1S/C23H24FNO5S/c1-23(2,3)30-22(28)25-12-16(15-7-5-8-17(24)21(15)25)14-11-19(31-13-14)18(26)9-6-10-20(27)29-4/h5,7-8,11-13H,6,9-10H2,1-4H3. The Morgan fingerprint density at radius 2 is 1.90 bits per heavy atom. The fraction of sp³-hybridized carbons (Fsp3) is 0.348. The van der Waals surface area contributed by atoms with E-state index in [2.05, 4.69) is 4.74 Å². The summed E-state index contributed by atoms with van der Waals surface area (Å²) in [5.41, 5.74) is 0.735. The zero-order chi connectivity index (χ0) is 22.8. The lowest BCUT2D eigenvalue weighted by Crippen LogP contribution is -2.26. The first-order chi connectivity index (χ1) is 14.6. The van der Waals surface area contributed by atoms with Crippen molar-refractivity contribution in [1.29, 1.82) is 0 Å². The lowest BCUT2D eigenvalue weighted by atomic mass is 10.1. The quantitative estimate of drug-likeness (QED) is 0.353. The molecule has 0 aliphatic carbocycles. The van der Waals surface area contributed by atoms with Crippen molar-refractivity contribution < 1.29 is 28.2 Å². The number of fused-ring (bicyclic) bond motifs is 1. The molecule has 164 valence electrons. The van der Waals surface area contributed by atoms with E-state index >= 15 is 0 Å². The van der Waals surface area contributed by atoms with Gasteiger partial charge in [0.1, 0.15) is 11.4 Å². The number of halogens is 1. The van der Waals surface area contributed by atoms with Crippen molar-refractivity contribution in [1.82, 2.24) is 4.57 Å². The molecule has 0 unspecified atom stereocenters. The van der Waals surface area contributed by atoms with Gasteiger partial charge in [-0.15, -0.1) is 11.3 Å². The number of benzene rings is 1. The Hall–Kier alpha value is -3.00. The van der Waals surface area contributed by atoms with E-state index in [1.165, 1.54) is 35.3 Å². The van der Waals surface area contributed by atoms with Crippen LogP contribution in [-0.4, -0.2) is 35.1 Å². The number of nitrogens with zero attached hydrogens (tertiary/aromatic N) is 1. The van der Waals surface area contributed by atoms with Crippen LogP contribution in [0.1, 0.15) is 49.7 Å². The summed E-state index contributed by atoms with van der Waals surface area (Å²) >= 11 is 1.27. The summed E-state index contributed by atoms with van der Waals surface area (Å²) in [5.74, 6) is -0.970. The van der Waals surface area contributed by atoms with Gasteiger partial charge in [0.05, 0.1) is 17.5 Å². The second-order valence-corrected chi connectivity index (χ2v) is 8.99.